The minimum Gasteiger partial charge on any atom is -0.359 e. The molecular weight excluding hydrogens is 398 g/mol. The molecule has 6 nitrogen and oxygen atoms in total. The van der Waals surface area contributed by atoms with Crippen LogP contribution >= 0.6 is 11.6 Å². The van der Waals surface area contributed by atoms with Crippen molar-refractivity contribution in [2.75, 3.05) is 30.9 Å². The van der Waals surface area contributed by atoms with Gasteiger partial charge in [-0.25, -0.2) is 12.7 Å². The first-order chi connectivity index (χ1) is 13.2. The van der Waals surface area contributed by atoms with E-state index in [1.807, 2.05) is 18.2 Å². The van der Waals surface area contributed by atoms with Crippen LogP contribution in [0.4, 0.5) is 11.4 Å². The van der Waals surface area contributed by atoms with Gasteiger partial charge in [-0.05, 0) is 49.6 Å². The van der Waals surface area contributed by atoms with E-state index in [1.54, 1.807) is 0 Å². The number of sulfonamides is 1. The average molecular weight is 422 g/mol. The van der Waals surface area contributed by atoms with Gasteiger partial charge in [0, 0.05) is 25.8 Å². The SMILES string of the molecule is C[C@@H]1CCc2ccccc2N1CC(=O)Nc1cc(S(=O)(=O)N(C)C)ccc1Cl. The molecule has 2 aromatic rings. The normalized spacial score (nSPS) is 16.8. The van der Waals surface area contributed by atoms with Crippen molar-refractivity contribution in [1.29, 1.82) is 0 Å². The Kier molecular flexibility index (Phi) is 5.98. The predicted molar refractivity (Wildman–Crippen MR) is 113 cm³/mol. The Morgan fingerprint density at radius 2 is 1.96 bits per heavy atom. The number of fused-ring (bicyclic) bond motifs is 1. The molecule has 3 rings (SSSR count). The van der Waals surface area contributed by atoms with Gasteiger partial charge in [-0.1, -0.05) is 29.8 Å². The molecule has 0 aromatic heterocycles. The molecule has 0 fully saturated rings. The smallest absolute Gasteiger partial charge is 0.243 e. The van der Waals surface area contributed by atoms with Crippen molar-refractivity contribution in [1.82, 2.24) is 4.31 Å². The van der Waals surface area contributed by atoms with Crippen LogP contribution in [0.3, 0.4) is 0 Å². The minimum absolute atomic E-state index is 0.0777. The molecule has 150 valence electrons. The lowest BCUT2D eigenvalue weighted by Gasteiger charge is -2.36. The van der Waals surface area contributed by atoms with Gasteiger partial charge in [0.1, 0.15) is 0 Å². The molecule has 8 heteroatoms. The van der Waals surface area contributed by atoms with Crippen molar-refractivity contribution in [2.24, 2.45) is 0 Å². The number of nitrogens with one attached hydrogen (secondary N) is 1. The highest BCUT2D eigenvalue weighted by Gasteiger charge is 2.25. The number of para-hydroxylation sites is 1. The highest BCUT2D eigenvalue weighted by atomic mass is 35.5. The van der Waals surface area contributed by atoms with Crippen molar-refractivity contribution in [3.8, 4) is 0 Å². The van der Waals surface area contributed by atoms with Crippen LogP contribution in [-0.2, 0) is 21.2 Å². The molecule has 2 aromatic carbocycles. The van der Waals surface area contributed by atoms with E-state index >= 15 is 0 Å². The van der Waals surface area contributed by atoms with Gasteiger partial charge in [-0.2, -0.15) is 0 Å². The Hall–Kier alpha value is -2.09. The Morgan fingerprint density at radius 3 is 2.68 bits per heavy atom. The van der Waals surface area contributed by atoms with E-state index in [0.717, 1.165) is 22.8 Å². The molecule has 1 aliphatic rings. The second-order valence-corrected chi connectivity index (χ2v) is 9.68. The van der Waals surface area contributed by atoms with Gasteiger partial charge < -0.3 is 10.2 Å². The maximum atomic E-state index is 12.7. The summed E-state index contributed by atoms with van der Waals surface area (Å²) in [5.41, 5.74) is 2.57. The molecule has 0 saturated heterocycles. The number of carbonyl (C=O) groups excluding carboxylic acids is 1. The summed E-state index contributed by atoms with van der Waals surface area (Å²) in [5.74, 6) is -0.246. The van der Waals surface area contributed by atoms with Crippen LogP contribution in [0.5, 0.6) is 0 Å². The highest BCUT2D eigenvalue weighted by molar-refractivity contribution is 7.89. The van der Waals surface area contributed by atoms with Gasteiger partial charge in [0.25, 0.3) is 0 Å². The Bertz CT molecular complexity index is 992. The van der Waals surface area contributed by atoms with Crippen molar-refractivity contribution in [3.05, 3.63) is 53.1 Å². The molecule has 0 spiro atoms. The summed E-state index contributed by atoms with van der Waals surface area (Å²) in [6.07, 6.45) is 1.97. The molecule has 0 saturated carbocycles. The molecule has 1 atom stereocenters. The number of carbonyl (C=O) groups is 1. The van der Waals surface area contributed by atoms with Gasteiger partial charge in [-0.3, -0.25) is 4.79 Å². The predicted octanol–water partition coefficient (Wildman–Crippen LogP) is 3.37. The molecule has 1 N–H and O–H groups in total. The quantitative estimate of drug-likeness (QED) is 0.803. The zero-order valence-electron chi connectivity index (χ0n) is 16.1. The van der Waals surface area contributed by atoms with Gasteiger partial charge in [-0.15, -0.1) is 0 Å². The van der Waals surface area contributed by atoms with Crippen molar-refractivity contribution in [2.45, 2.75) is 30.7 Å². The fourth-order valence-corrected chi connectivity index (χ4v) is 4.41. The first-order valence-corrected chi connectivity index (χ1v) is 10.9. The van der Waals surface area contributed by atoms with Crippen LogP contribution in [0.1, 0.15) is 18.9 Å². The molecule has 0 aliphatic carbocycles. The van der Waals surface area contributed by atoms with E-state index in [1.165, 1.54) is 37.9 Å². The van der Waals surface area contributed by atoms with E-state index in [9.17, 15) is 13.2 Å². The van der Waals surface area contributed by atoms with Crippen molar-refractivity contribution in [3.63, 3.8) is 0 Å². The lowest BCUT2D eigenvalue weighted by Crippen LogP contribution is -2.42. The maximum absolute atomic E-state index is 12.7. The second kappa shape index (κ2) is 8.11. The molecule has 1 heterocycles. The standard InChI is InChI=1S/C20H24ClN3O3S/c1-14-8-9-15-6-4-5-7-19(15)24(14)13-20(25)22-18-12-16(10-11-17(18)21)28(26,27)23(2)3/h4-7,10-12,14H,8-9,13H2,1-3H3,(H,22,25)/t14-/m1/s1. The summed E-state index contributed by atoms with van der Waals surface area (Å²) in [6, 6.07) is 12.6. The summed E-state index contributed by atoms with van der Waals surface area (Å²) in [4.78, 5) is 14.9. The number of amides is 1. The number of anilines is 2. The number of rotatable bonds is 5. The lowest BCUT2D eigenvalue weighted by molar-refractivity contribution is -0.115. The molecule has 0 unspecified atom stereocenters. The third kappa shape index (κ3) is 4.16. The fraction of sp³-hybridized carbons (Fsp3) is 0.350. The van der Waals surface area contributed by atoms with Crippen molar-refractivity contribution >= 4 is 38.9 Å². The van der Waals surface area contributed by atoms with E-state index in [2.05, 4.69) is 23.2 Å². The third-order valence-corrected chi connectivity index (χ3v) is 7.11. The largest absolute Gasteiger partial charge is 0.359 e. The van der Waals surface area contributed by atoms with Crippen LogP contribution in [0, 0.1) is 0 Å². The van der Waals surface area contributed by atoms with E-state index in [-0.39, 0.29) is 34.1 Å². The molecule has 0 radical (unpaired) electrons. The van der Waals surface area contributed by atoms with Crippen LogP contribution in [-0.4, -0.2) is 45.3 Å². The third-order valence-electron chi connectivity index (χ3n) is 4.97. The zero-order chi connectivity index (χ0) is 20.5. The summed E-state index contributed by atoms with van der Waals surface area (Å²) in [7, 11) is -0.703. The van der Waals surface area contributed by atoms with Crippen molar-refractivity contribution < 1.29 is 13.2 Å². The summed E-state index contributed by atoms with van der Waals surface area (Å²) in [5, 5.41) is 3.05. The van der Waals surface area contributed by atoms with Gasteiger partial charge in [0.2, 0.25) is 15.9 Å². The number of benzene rings is 2. The Labute approximate surface area is 171 Å². The minimum atomic E-state index is -3.61. The summed E-state index contributed by atoms with van der Waals surface area (Å²) in [6.45, 7) is 2.26. The molecule has 1 amide bonds. The lowest BCUT2D eigenvalue weighted by atomic mass is 9.96. The van der Waals surface area contributed by atoms with Crippen LogP contribution in [0.25, 0.3) is 0 Å². The number of aryl methyl sites for hydroxylation is 1. The monoisotopic (exact) mass is 421 g/mol. The first kappa shape index (κ1) is 20.6. The fourth-order valence-electron chi connectivity index (χ4n) is 3.32. The second-order valence-electron chi connectivity index (χ2n) is 7.12. The molecule has 28 heavy (non-hydrogen) atoms. The summed E-state index contributed by atoms with van der Waals surface area (Å²) < 4.78 is 25.8. The zero-order valence-corrected chi connectivity index (χ0v) is 17.7. The van der Waals surface area contributed by atoms with Gasteiger partial charge in [0.05, 0.1) is 22.2 Å². The average Bonchev–Trinajstić information content (AvgIpc) is 2.65. The molecular formula is C20H24ClN3O3S. The van der Waals surface area contributed by atoms with Crippen LogP contribution in [0.2, 0.25) is 5.02 Å². The topological polar surface area (TPSA) is 69.7 Å². The molecule has 0 bridgehead atoms. The van der Waals surface area contributed by atoms with Gasteiger partial charge >= 0.3 is 0 Å². The summed E-state index contributed by atoms with van der Waals surface area (Å²) >= 11 is 6.19. The number of hydrogen-bond donors (Lipinski definition) is 1. The first-order valence-electron chi connectivity index (χ1n) is 9.06. The number of nitrogens with zero attached hydrogens (tertiary/aromatic N) is 2. The Morgan fingerprint density at radius 1 is 1.25 bits per heavy atom. The highest BCUT2D eigenvalue weighted by Crippen LogP contribution is 2.31. The van der Waals surface area contributed by atoms with E-state index in [0.29, 0.717) is 0 Å². The van der Waals surface area contributed by atoms with Crippen LogP contribution < -0.4 is 10.2 Å². The Balaban J connectivity index is 1.81. The number of hydrogen-bond acceptors (Lipinski definition) is 4. The van der Waals surface area contributed by atoms with Gasteiger partial charge in [0.15, 0.2) is 0 Å². The van der Waals surface area contributed by atoms with Crippen LogP contribution in [0.15, 0.2) is 47.4 Å². The van der Waals surface area contributed by atoms with E-state index < -0.39 is 10.0 Å². The number of halogens is 1. The molecule has 1 aliphatic heterocycles. The maximum Gasteiger partial charge on any atom is 0.243 e. The van der Waals surface area contributed by atoms with E-state index in [4.69, 9.17) is 11.6 Å².